The van der Waals surface area contributed by atoms with Crippen molar-refractivity contribution in [1.29, 1.82) is 0 Å². The smallest absolute Gasteiger partial charge is 0.330 e. The number of rotatable bonds is 5. The Bertz CT molecular complexity index is 242. The Morgan fingerprint density at radius 3 is 2.15 bits per heavy atom. The minimum Gasteiger partial charge on any atom is -0.330 e. The molecule has 0 saturated carbocycles. The Morgan fingerprint density at radius 1 is 1.38 bits per heavy atom. The Balaban J connectivity index is 3.80. The second-order valence-electron chi connectivity index (χ2n) is 2.68. The van der Waals surface area contributed by atoms with Crippen LogP contribution < -0.4 is 5.32 Å². The molecule has 0 aromatic carbocycles. The fraction of sp³-hybridized carbons (Fsp3) is 1.00. The average Bonchev–Trinajstić information content (AvgIpc) is 1.82. The van der Waals surface area contributed by atoms with Gasteiger partial charge in [0.1, 0.15) is 0 Å². The summed E-state index contributed by atoms with van der Waals surface area (Å²) in [6.07, 6.45) is -3.07. The fourth-order valence-corrected chi connectivity index (χ4v) is 1.01. The molecule has 5 N–H and O–H groups in total. The molecular weight excluding hydrogens is 202 g/mol. The molecule has 0 aromatic rings. The first-order valence-electron chi connectivity index (χ1n) is 3.51. The molecule has 0 saturated heterocycles. The van der Waals surface area contributed by atoms with Gasteiger partial charge in [-0.1, -0.05) is 0 Å². The quantitative estimate of drug-likeness (QED) is 0.261. The lowest BCUT2D eigenvalue weighted by atomic mass is 10.3. The highest BCUT2D eigenvalue weighted by atomic mass is 32.2. The largest absolute Gasteiger partial charge is 0.343 e. The first kappa shape index (κ1) is 12.8. The van der Waals surface area contributed by atoms with Gasteiger partial charge < -0.3 is 15.3 Å². The molecular formula is C5H13NO6S. The van der Waals surface area contributed by atoms with Crippen molar-refractivity contribution in [3.63, 3.8) is 0 Å². The third-order valence-electron chi connectivity index (χ3n) is 1.42. The van der Waals surface area contributed by atoms with E-state index in [1.165, 1.54) is 6.92 Å². The van der Waals surface area contributed by atoms with Crippen LogP contribution in [0.2, 0.25) is 0 Å². The maximum absolute atomic E-state index is 10.4. The third-order valence-corrected chi connectivity index (χ3v) is 2.67. The van der Waals surface area contributed by atoms with Crippen molar-refractivity contribution < 1.29 is 28.3 Å². The van der Waals surface area contributed by atoms with Crippen LogP contribution in [0.1, 0.15) is 13.3 Å². The summed E-state index contributed by atoms with van der Waals surface area (Å²) in [5, 5.41) is 25.8. The van der Waals surface area contributed by atoms with E-state index in [0.29, 0.717) is 0 Å². The number of aliphatic hydroxyl groups is 3. The van der Waals surface area contributed by atoms with Gasteiger partial charge in [0.2, 0.25) is 0 Å². The molecule has 0 amide bonds. The van der Waals surface area contributed by atoms with Gasteiger partial charge in [-0.25, -0.2) is 5.32 Å². The Kier molecular flexibility index (Phi) is 4.23. The van der Waals surface area contributed by atoms with E-state index >= 15 is 0 Å². The second kappa shape index (κ2) is 4.31. The molecule has 1 unspecified atom stereocenters. The summed E-state index contributed by atoms with van der Waals surface area (Å²) in [6, 6.07) is 0. The van der Waals surface area contributed by atoms with Crippen molar-refractivity contribution >= 4 is 10.1 Å². The van der Waals surface area contributed by atoms with E-state index in [0.717, 1.165) is 0 Å². The zero-order valence-corrected chi connectivity index (χ0v) is 7.82. The van der Waals surface area contributed by atoms with Gasteiger partial charge in [-0.2, -0.15) is 8.42 Å². The summed E-state index contributed by atoms with van der Waals surface area (Å²) in [7, 11) is -4.11. The summed E-state index contributed by atoms with van der Waals surface area (Å²) in [5.74, 6) is 0. The molecule has 8 heteroatoms. The molecule has 13 heavy (non-hydrogen) atoms. The van der Waals surface area contributed by atoms with Crippen LogP contribution in [0.15, 0.2) is 0 Å². The molecule has 0 aliphatic heterocycles. The van der Waals surface area contributed by atoms with Gasteiger partial charge in [-0.3, -0.25) is 4.55 Å². The van der Waals surface area contributed by atoms with Crippen molar-refractivity contribution in [2.24, 2.45) is 0 Å². The van der Waals surface area contributed by atoms with Crippen LogP contribution in [0, 0.1) is 0 Å². The average molecular weight is 215 g/mol. The summed E-state index contributed by atoms with van der Waals surface area (Å²) in [4.78, 5) is 0. The van der Waals surface area contributed by atoms with Gasteiger partial charge in [-0.15, -0.1) is 0 Å². The molecule has 0 rings (SSSR count). The molecule has 80 valence electrons. The van der Waals surface area contributed by atoms with Crippen molar-refractivity contribution in [1.82, 2.24) is 5.32 Å². The summed E-state index contributed by atoms with van der Waals surface area (Å²) < 4.78 is 29.3. The van der Waals surface area contributed by atoms with E-state index in [1.54, 1.807) is 0 Å². The van der Waals surface area contributed by atoms with Crippen molar-refractivity contribution in [2.75, 3.05) is 6.54 Å². The number of hydrogen-bond acceptors (Lipinski definition) is 6. The van der Waals surface area contributed by atoms with Crippen LogP contribution in [0.25, 0.3) is 0 Å². The minimum atomic E-state index is -4.11. The van der Waals surface area contributed by atoms with Gasteiger partial charge >= 0.3 is 6.10 Å². The monoisotopic (exact) mass is 215 g/mol. The molecule has 7 nitrogen and oxygen atoms in total. The van der Waals surface area contributed by atoms with Gasteiger partial charge in [-0.05, 0) is 13.3 Å². The van der Waals surface area contributed by atoms with Crippen LogP contribution in [0.5, 0.6) is 0 Å². The standard InChI is InChI=1S/C5H13NO6S/c1-4(13(10,11)12)2-3-6-5(7,8)9/h4,6-9H,2-3H2,1H3,(H,10,11,12). The van der Waals surface area contributed by atoms with Gasteiger partial charge in [0.15, 0.2) is 0 Å². The van der Waals surface area contributed by atoms with Crippen LogP contribution in [-0.2, 0) is 10.1 Å². The van der Waals surface area contributed by atoms with Gasteiger partial charge in [0.05, 0.1) is 5.25 Å². The van der Waals surface area contributed by atoms with E-state index < -0.39 is 21.5 Å². The normalized spacial score (nSPS) is 15.8. The predicted octanol–water partition coefficient (Wildman–Crippen LogP) is -2.17. The molecule has 0 bridgehead atoms. The zero-order chi connectivity index (χ0) is 10.7. The minimum absolute atomic E-state index is 0.0533. The summed E-state index contributed by atoms with van der Waals surface area (Å²) in [6.45, 7) is 1.09. The number of nitrogens with one attached hydrogen (secondary N) is 1. The van der Waals surface area contributed by atoms with E-state index in [2.05, 4.69) is 0 Å². The highest BCUT2D eigenvalue weighted by Crippen LogP contribution is 2.02. The van der Waals surface area contributed by atoms with Gasteiger partial charge in [0, 0.05) is 6.54 Å². The van der Waals surface area contributed by atoms with E-state index in [1.807, 2.05) is 5.32 Å². The molecule has 1 atom stereocenters. The molecule has 0 aliphatic rings. The van der Waals surface area contributed by atoms with Crippen LogP contribution in [-0.4, -0.2) is 46.2 Å². The highest BCUT2D eigenvalue weighted by molar-refractivity contribution is 7.86. The van der Waals surface area contributed by atoms with Gasteiger partial charge in [0.25, 0.3) is 10.1 Å². The van der Waals surface area contributed by atoms with Crippen LogP contribution in [0.4, 0.5) is 0 Å². The van der Waals surface area contributed by atoms with E-state index in [-0.39, 0.29) is 13.0 Å². The predicted molar refractivity (Wildman–Crippen MR) is 43.0 cm³/mol. The van der Waals surface area contributed by atoms with Crippen molar-refractivity contribution in [2.45, 2.75) is 24.7 Å². The van der Waals surface area contributed by atoms with Crippen molar-refractivity contribution in [3.8, 4) is 0 Å². The van der Waals surface area contributed by atoms with E-state index in [4.69, 9.17) is 19.9 Å². The molecule has 0 aromatic heterocycles. The lowest BCUT2D eigenvalue weighted by molar-refractivity contribution is -0.331. The summed E-state index contributed by atoms with van der Waals surface area (Å²) in [5.41, 5.74) is 0. The maximum atomic E-state index is 10.4. The fourth-order valence-electron chi connectivity index (χ4n) is 0.592. The SMILES string of the molecule is CC(CCNC(O)(O)O)S(=O)(=O)O. The molecule has 0 heterocycles. The van der Waals surface area contributed by atoms with Crippen LogP contribution in [0.3, 0.4) is 0 Å². The Labute approximate surface area is 75.8 Å². The molecule has 0 radical (unpaired) electrons. The van der Waals surface area contributed by atoms with E-state index in [9.17, 15) is 8.42 Å². The second-order valence-corrected chi connectivity index (χ2v) is 4.51. The number of hydrogen-bond donors (Lipinski definition) is 5. The molecule has 0 spiro atoms. The zero-order valence-electron chi connectivity index (χ0n) is 7.01. The molecule has 0 fully saturated rings. The lowest BCUT2D eigenvalue weighted by Crippen LogP contribution is -2.45. The lowest BCUT2D eigenvalue weighted by Gasteiger charge is -2.16. The third kappa shape index (κ3) is 6.87. The first-order chi connectivity index (χ1) is 5.63. The Morgan fingerprint density at radius 2 is 1.85 bits per heavy atom. The van der Waals surface area contributed by atoms with Crippen LogP contribution >= 0.6 is 0 Å². The maximum Gasteiger partial charge on any atom is 0.343 e. The molecule has 0 aliphatic carbocycles. The Hall–Kier alpha value is -0.250. The topological polar surface area (TPSA) is 127 Å². The first-order valence-corrected chi connectivity index (χ1v) is 5.01. The summed E-state index contributed by atoms with van der Waals surface area (Å²) >= 11 is 0. The van der Waals surface area contributed by atoms with Crippen molar-refractivity contribution in [3.05, 3.63) is 0 Å². The highest BCUT2D eigenvalue weighted by Gasteiger charge is 2.20.